The van der Waals surface area contributed by atoms with Gasteiger partial charge in [0.25, 0.3) is 0 Å². The molecular weight excluding hydrogens is 206 g/mol. The smallest absolute Gasteiger partial charge is 0.113 e. The number of thioether (sulfide) groups is 1. The van der Waals surface area contributed by atoms with E-state index in [9.17, 15) is 0 Å². The zero-order valence-electron chi connectivity index (χ0n) is 9.82. The Morgan fingerprint density at radius 2 is 2.20 bits per heavy atom. The highest BCUT2D eigenvalue weighted by Crippen LogP contribution is 2.15. The molecule has 0 saturated carbocycles. The van der Waals surface area contributed by atoms with Crippen LogP contribution in [0.3, 0.4) is 0 Å². The van der Waals surface area contributed by atoms with E-state index in [1.165, 1.54) is 5.75 Å². The molecule has 0 aromatic carbocycles. The summed E-state index contributed by atoms with van der Waals surface area (Å²) in [5, 5.41) is 3.45. The van der Waals surface area contributed by atoms with Crippen molar-refractivity contribution in [1.82, 2.24) is 5.32 Å². The van der Waals surface area contributed by atoms with Crippen molar-refractivity contribution in [3.63, 3.8) is 0 Å². The predicted octanol–water partition coefficient (Wildman–Crippen LogP) is 3.15. The van der Waals surface area contributed by atoms with Gasteiger partial charge >= 0.3 is 0 Å². The van der Waals surface area contributed by atoms with E-state index in [0.717, 1.165) is 18.1 Å². The molecule has 1 atom stereocenters. The summed E-state index contributed by atoms with van der Waals surface area (Å²) >= 11 is 1.94. The van der Waals surface area contributed by atoms with E-state index in [2.05, 4.69) is 26.1 Å². The van der Waals surface area contributed by atoms with Gasteiger partial charge in [0.1, 0.15) is 5.76 Å². The van der Waals surface area contributed by atoms with E-state index in [4.69, 9.17) is 4.42 Å². The molecule has 1 aromatic rings. The van der Waals surface area contributed by atoms with Crippen molar-refractivity contribution in [2.45, 2.75) is 32.6 Å². The fraction of sp³-hybridized carbons (Fsp3) is 0.667. The second kappa shape index (κ2) is 6.96. The summed E-state index contributed by atoms with van der Waals surface area (Å²) < 4.78 is 5.28. The highest BCUT2D eigenvalue weighted by Gasteiger charge is 2.04. The van der Waals surface area contributed by atoms with Crippen molar-refractivity contribution in [2.75, 3.05) is 12.3 Å². The first-order valence-electron chi connectivity index (χ1n) is 5.52. The van der Waals surface area contributed by atoms with Crippen LogP contribution in [-0.4, -0.2) is 18.3 Å². The number of rotatable bonds is 7. The molecule has 1 aromatic heterocycles. The molecule has 2 nitrogen and oxygen atoms in total. The van der Waals surface area contributed by atoms with E-state index < -0.39 is 0 Å². The minimum Gasteiger partial charge on any atom is -0.468 e. The molecule has 0 radical (unpaired) electrons. The van der Waals surface area contributed by atoms with Gasteiger partial charge in [-0.05, 0) is 30.3 Å². The summed E-state index contributed by atoms with van der Waals surface area (Å²) in [4.78, 5) is 0. The highest BCUT2D eigenvalue weighted by atomic mass is 32.2. The summed E-state index contributed by atoms with van der Waals surface area (Å²) in [6.07, 6.45) is 1.74. The molecule has 86 valence electrons. The van der Waals surface area contributed by atoms with Crippen molar-refractivity contribution < 1.29 is 4.42 Å². The Morgan fingerprint density at radius 3 is 2.80 bits per heavy atom. The minimum atomic E-state index is 0.586. The molecule has 1 heterocycles. The van der Waals surface area contributed by atoms with Crippen molar-refractivity contribution in [3.8, 4) is 0 Å². The molecule has 0 bridgehead atoms. The second-order valence-electron chi connectivity index (χ2n) is 4.26. The zero-order valence-corrected chi connectivity index (χ0v) is 10.6. The van der Waals surface area contributed by atoms with Crippen molar-refractivity contribution in [2.24, 2.45) is 5.92 Å². The highest BCUT2D eigenvalue weighted by molar-refractivity contribution is 7.98. The molecule has 0 spiro atoms. The van der Waals surface area contributed by atoms with E-state index in [0.29, 0.717) is 12.0 Å². The Morgan fingerprint density at radius 1 is 1.40 bits per heavy atom. The maximum Gasteiger partial charge on any atom is 0.113 e. The molecule has 1 N–H and O–H groups in total. The van der Waals surface area contributed by atoms with Crippen LogP contribution in [0.5, 0.6) is 0 Å². The molecule has 0 aliphatic rings. The van der Waals surface area contributed by atoms with Gasteiger partial charge in [-0.2, -0.15) is 11.8 Å². The van der Waals surface area contributed by atoms with E-state index >= 15 is 0 Å². The normalized spacial score (nSPS) is 13.3. The SMILES string of the molecule is CC(CNC(C)C)CSCc1ccco1. The third-order valence-corrected chi connectivity index (χ3v) is 3.39. The Kier molecular flexibility index (Phi) is 5.88. The van der Waals surface area contributed by atoms with Gasteiger partial charge in [-0.15, -0.1) is 0 Å². The van der Waals surface area contributed by atoms with E-state index in [1.54, 1.807) is 6.26 Å². The summed E-state index contributed by atoms with van der Waals surface area (Å²) in [6, 6.07) is 4.56. The van der Waals surface area contributed by atoms with Crippen molar-refractivity contribution >= 4 is 11.8 Å². The largest absolute Gasteiger partial charge is 0.468 e. The van der Waals surface area contributed by atoms with Crippen LogP contribution in [0.1, 0.15) is 26.5 Å². The average Bonchev–Trinajstić information content (AvgIpc) is 2.67. The molecule has 15 heavy (non-hydrogen) atoms. The molecule has 1 rings (SSSR count). The van der Waals surface area contributed by atoms with Gasteiger partial charge in [0.15, 0.2) is 0 Å². The Balaban J connectivity index is 2.04. The van der Waals surface area contributed by atoms with Crippen LogP contribution >= 0.6 is 11.8 Å². The first-order valence-corrected chi connectivity index (χ1v) is 6.67. The number of furan rings is 1. The monoisotopic (exact) mass is 227 g/mol. The fourth-order valence-corrected chi connectivity index (χ4v) is 2.25. The molecule has 0 aliphatic carbocycles. The lowest BCUT2D eigenvalue weighted by Crippen LogP contribution is -2.28. The van der Waals surface area contributed by atoms with Crippen molar-refractivity contribution in [1.29, 1.82) is 0 Å². The maximum absolute atomic E-state index is 5.28. The van der Waals surface area contributed by atoms with Gasteiger partial charge in [-0.3, -0.25) is 0 Å². The molecule has 3 heteroatoms. The molecule has 0 saturated heterocycles. The van der Waals surface area contributed by atoms with Gasteiger partial charge in [-0.25, -0.2) is 0 Å². The summed E-state index contributed by atoms with van der Waals surface area (Å²) in [5.41, 5.74) is 0. The summed E-state index contributed by atoms with van der Waals surface area (Å²) in [7, 11) is 0. The average molecular weight is 227 g/mol. The fourth-order valence-electron chi connectivity index (χ4n) is 1.25. The molecule has 0 fully saturated rings. The third kappa shape index (κ3) is 5.90. The van der Waals surface area contributed by atoms with E-state index in [1.807, 2.05) is 23.9 Å². The number of hydrogen-bond acceptors (Lipinski definition) is 3. The minimum absolute atomic E-state index is 0.586. The van der Waals surface area contributed by atoms with Crippen LogP contribution in [0.4, 0.5) is 0 Å². The van der Waals surface area contributed by atoms with Gasteiger partial charge in [-0.1, -0.05) is 20.8 Å². The van der Waals surface area contributed by atoms with Crippen LogP contribution in [0.25, 0.3) is 0 Å². The molecule has 1 unspecified atom stereocenters. The standard InChI is InChI=1S/C12H21NOS/c1-10(2)13-7-11(3)8-15-9-12-5-4-6-14-12/h4-6,10-11,13H,7-9H2,1-3H3. The first-order chi connectivity index (χ1) is 7.18. The zero-order chi connectivity index (χ0) is 11.1. The first kappa shape index (κ1) is 12.7. The molecule has 0 aliphatic heterocycles. The van der Waals surface area contributed by atoms with Crippen LogP contribution < -0.4 is 5.32 Å². The van der Waals surface area contributed by atoms with E-state index in [-0.39, 0.29) is 0 Å². The number of hydrogen-bond donors (Lipinski definition) is 1. The van der Waals surface area contributed by atoms with Gasteiger partial charge in [0.05, 0.1) is 12.0 Å². The summed E-state index contributed by atoms with van der Waals surface area (Å²) in [5.74, 6) is 3.95. The van der Waals surface area contributed by atoms with Gasteiger partial charge in [0.2, 0.25) is 0 Å². The Hall–Kier alpha value is -0.410. The Bertz CT molecular complexity index is 246. The predicted molar refractivity (Wildman–Crippen MR) is 67.2 cm³/mol. The van der Waals surface area contributed by atoms with Crippen LogP contribution in [0.15, 0.2) is 22.8 Å². The van der Waals surface area contributed by atoms with Gasteiger partial charge < -0.3 is 9.73 Å². The quantitative estimate of drug-likeness (QED) is 0.774. The second-order valence-corrected chi connectivity index (χ2v) is 5.29. The molecule has 0 amide bonds. The Labute approximate surface area is 96.8 Å². The number of nitrogens with one attached hydrogen (secondary N) is 1. The van der Waals surface area contributed by atoms with Crippen LogP contribution in [0, 0.1) is 5.92 Å². The van der Waals surface area contributed by atoms with Crippen LogP contribution in [0.2, 0.25) is 0 Å². The lowest BCUT2D eigenvalue weighted by Gasteiger charge is -2.14. The molecular formula is C12H21NOS. The lowest BCUT2D eigenvalue weighted by atomic mass is 10.2. The maximum atomic E-state index is 5.28. The lowest BCUT2D eigenvalue weighted by molar-refractivity contribution is 0.509. The van der Waals surface area contributed by atoms with Crippen LogP contribution in [-0.2, 0) is 5.75 Å². The van der Waals surface area contributed by atoms with Gasteiger partial charge in [0, 0.05) is 6.04 Å². The summed E-state index contributed by atoms with van der Waals surface area (Å²) in [6.45, 7) is 7.75. The topological polar surface area (TPSA) is 25.2 Å². The van der Waals surface area contributed by atoms with Crippen molar-refractivity contribution in [3.05, 3.63) is 24.2 Å². The third-order valence-electron chi connectivity index (χ3n) is 2.10.